The molecule has 127 heavy (non-hydrogen) atoms. The van der Waals surface area contributed by atoms with Gasteiger partial charge in [-0.2, -0.15) is 0 Å². The molecule has 0 aromatic heterocycles. The molecule has 0 bridgehead atoms. The van der Waals surface area contributed by atoms with E-state index in [0.717, 1.165) is 81.3 Å². The van der Waals surface area contributed by atoms with E-state index in [1.807, 2.05) is 0 Å². The van der Waals surface area contributed by atoms with E-state index in [1.54, 1.807) is 22.3 Å². The highest BCUT2D eigenvalue weighted by Gasteiger charge is 2.55. The summed E-state index contributed by atoms with van der Waals surface area (Å²) in [6, 6.07) is 70.1. The van der Waals surface area contributed by atoms with Crippen LogP contribution in [0.5, 0.6) is 0 Å². The summed E-state index contributed by atoms with van der Waals surface area (Å²) in [5.41, 5.74) is 21.6. The molecule has 0 heterocycles. The minimum Gasteiger partial charge on any atom is -0.0808 e. The lowest BCUT2D eigenvalue weighted by Crippen LogP contribution is -2.39. The third-order valence-corrected chi connectivity index (χ3v) is 52.7. The SMILES string of the molecule is CCC(C)C[Si](C)(C)C1C(C)CC2C(c3c4ccccc4c(C)c4ccccc34)=CC=CC21.CCC(C)C[Si](C)(C)C1C(C)CC2C(c3c4ccccc4cc4ccccc34)=CC=CC21.CCC(C)C[Si](C)(C)C1C(C)CC2C(c3ccc(C(C)(C)C)c4ccccc34)=CC=CC21.CCC(C)C[Si](C)(C)C1C(C)CC2C(c3ccc(C)c4ccc(C)cc34)=CC=CC21. The third-order valence-electron chi connectivity index (χ3n) is 34.7. The summed E-state index contributed by atoms with van der Waals surface area (Å²) < 4.78 is 0. The van der Waals surface area contributed by atoms with Crippen LogP contribution in [0.2, 0.25) is 98.7 Å². The molecule has 20 atom stereocenters. The number of benzene rings is 10. The van der Waals surface area contributed by atoms with Gasteiger partial charge in [-0.05, 0) is 301 Å². The van der Waals surface area contributed by atoms with Crippen LogP contribution in [0.25, 0.3) is 86.9 Å². The molecule has 0 saturated heterocycles. The van der Waals surface area contributed by atoms with Gasteiger partial charge in [0.05, 0.1) is 32.3 Å². The van der Waals surface area contributed by atoms with Gasteiger partial charge in [0.1, 0.15) is 0 Å². The lowest BCUT2D eigenvalue weighted by atomic mass is 9.77. The van der Waals surface area contributed by atoms with Crippen LogP contribution in [-0.2, 0) is 5.41 Å². The fourth-order valence-electron chi connectivity index (χ4n) is 29.4. The second-order valence-electron chi connectivity index (χ2n) is 46.8. The van der Waals surface area contributed by atoms with Crippen LogP contribution in [0, 0.1) is 115 Å². The average molecular weight is 1750 g/mol. The van der Waals surface area contributed by atoms with Crippen LogP contribution < -0.4 is 0 Å². The number of fused-ring (bicyclic) bond motifs is 10. The van der Waals surface area contributed by atoms with Crippen LogP contribution >= 0.6 is 0 Å². The molecule has 0 N–H and O–H groups in total. The van der Waals surface area contributed by atoms with Crippen molar-refractivity contribution in [2.45, 2.75) is 280 Å². The Kier molecular flexibility index (Phi) is 28.5. The molecular weight excluding hydrogens is 1590 g/mol. The first kappa shape index (κ1) is 94.2. The van der Waals surface area contributed by atoms with E-state index in [-0.39, 0.29) is 5.41 Å². The normalized spacial score (nSPS) is 26.6. The fourth-order valence-corrected chi connectivity index (χ4v) is 51.1. The van der Waals surface area contributed by atoms with Gasteiger partial charge >= 0.3 is 0 Å². The number of rotatable bonds is 20. The van der Waals surface area contributed by atoms with E-state index in [4.69, 9.17) is 0 Å². The average Bonchev–Trinajstić information content (AvgIpc) is 1.74. The topological polar surface area (TPSA) is 0 Å². The Bertz CT molecular complexity index is 5790. The molecule has 10 aromatic carbocycles. The van der Waals surface area contributed by atoms with Crippen molar-refractivity contribution in [2.24, 2.45) is 94.7 Å². The van der Waals surface area contributed by atoms with E-state index in [9.17, 15) is 0 Å². The highest BCUT2D eigenvalue weighted by atomic mass is 28.3. The van der Waals surface area contributed by atoms with E-state index in [2.05, 4.69) is 420 Å². The second-order valence-corrected chi connectivity index (χ2v) is 67.0. The number of allylic oxidation sites excluding steroid dienone is 16. The minimum atomic E-state index is -1.35. The van der Waals surface area contributed by atoms with Crippen LogP contribution in [0.1, 0.15) is 200 Å². The van der Waals surface area contributed by atoms with Crippen molar-refractivity contribution in [1.29, 1.82) is 0 Å². The predicted octanol–water partition coefficient (Wildman–Crippen LogP) is 37.3. The zero-order valence-corrected chi connectivity index (χ0v) is 87.6. The highest BCUT2D eigenvalue weighted by molar-refractivity contribution is 6.80. The first-order chi connectivity index (χ1) is 60.5. The number of hydrogen-bond acceptors (Lipinski definition) is 0. The molecule has 20 unspecified atom stereocenters. The van der Waals surface area contributed by atoms with Crippen LogP contribution in [-0.4, -0.2) is 32.3 Å². The molecule has 0 spiro atoms. The van der Waals surface area contributed by atoms with Crippen molar-refractivity contribution in [3.8, 4) is 0 Å². The Morgan fingerprint density at radius 2 is 0.622 bits per heavy atom. The summed E-state index contributed by atoms with van der Waals surface area (Å²) >= 11 is 0. The quantitative estimate of drug-likeness (QED) is 0.0527. The molecule has 0 radical (unpaired) electrons. The molecule has 4 fully saturated rings. The first-order valence-electron chi connectivity index (χ1n) is 50.9. The van der Waals surface area contributed by atoms with E-state index < -0.39 is 32.3 Å². The lowest BCUT2D eigenvalue weighted by molar-refractivity contribution is 0.533. The molecule has 8 aliphatic rings. The van der Waals surface area contributed by atoms with E-state index >= 15 is 0 Å². The van der Waals surface area contributed by atoms with Crippen LogP contribution in [0.15, 0.2) is 243 Å². The molecule has 8 aliphatic carbocycles. The number of aryl methyl sites for hydroxylation is 3. The Labute approximate surface area is 775 Å². The van der Waals surface area contributed by atoms with E-state index in [0.29, 0.717) is 35.5 Å². The Morgan fingerprint density at radius 1 is 0.315 bits per heavy atom. The van der Waals surface area contributed by atoms with Crippen molar-refractivity contribution in [2.75, 3.05) is 0 Å². The maximum absolute atomic E-state index is 2.69. The highest BCUT2D eigenvalue weighted by Crippen LogP contribution is 2.64. The number of hydrogen-bond donors (Lipinski definition) is 0. The lowest BCUT2D eigenvalue weighted by Gasteiger charge is -2.39. The summed E-state index contributed by atoms with van der Waals surface area (Å²) in [4.78, 5) is 0. The van der Waals surface area contributed by atoms with E-state index in [1.165, 1.54) is 185 Å². The second kappa shape index (κ2) is 38.4. The third kappa shape index (κ3) is 18.8. The van der Waals surface area contributed by atoms with Gasteiger partial charge in [0.25, 0.3) is 0 Å². The van der Waals surface area contributed by atoms with Crippen molar-refractivity contribution < 1.29 is 0 Å². The summed E-state index contributed by atoms with van der Waals surface area (Å²) in [7, 11) is -5.32. The molecule has 0 nitrogen and oxygen atoms in total. The van der Waals surface area contributed by atoms with Gasteiger partial charge in [0.15, 0.2) is 0 Å². The molecule has 10 aromatic rings. The maximum atomic E-state index is 2.69. The Morgan fingerprint density at radius 3 is 0.992 bits per heavy atom. The standard InChI is InChI=1S/C32H40Si.C31H38Si.C31H44Si.C29H40Si/c1-7-21(2)20-33(5,6)32-22(3)19-30-28(17-12-18-29(30)32)31-26-15-10-8-13-24(26)23(4)25-14-9-11-16-27(25)31;1-6-21(2)20-32(4,5)31-22(3)18-29-27(16-11-17-28(29)31)30-25-14-9-7-12-23(25)19-24-13-8-10-15-26(24)30;1-9-21(2)20-32(7,8)30-22(3)19-28-24(15-12-16-27(28)30)25-17-18-29(31(4,5)6)26-14-11-10-13-23(25)26;1-8-19(2)18-30(6,7)29-22(5)17-28-24(10-9-11-26(28)29)25-15-13-21(4)23-14-12-20(3)16-27(23)25/h8-18,21-22,29-30,32H,7,19-20H2,1-6H3;7-17,19,21-22,28-29,31H,6,18,20H2,1-5H3;10-18,21-22,27-28,30H,9,19-20H2,1-8H3;9-16,19,22,26,28-29H,8,17-18H2,1-7H3. The van der Waals surface area contributed by atoms with Gasteiger partial charge in [-0.3, -0.25) is 0 Å². The van der Waals surface area contributed by atoms with Gasteiger partial charge in [0.2, 0.25) is 0 Å². The zero-order valence-electron chi connectivity index (χ0n) is 83.6. The first-order valence-corrected chi connectivity index (χ1v) is 64.0. The molecule has 4 heteroatoms. The molecule has 0 aliphatic heterocycles. The zero-order chi connectivity index (χ0) is 90.7. The molecule has 670 valence electrons. The largest absolute Gasteiger partial charge is 0.0808 e. The van der Waals surface area contributed by atoms with Crippen LogP contribution in [0.4, 0.5) is 0 Å². The molecular formula is C123H162Si4. The van der Waals surface area contributed by atoms with Gasteiger partial charge < -0.3 is 0 Å². The van der Waals surface area contributed by atoms with Crippen molar-refractivity contribution in [1.82, 2.24) is 0 Å². The predicted molar refractivity (Wildman–Crippen MR) is 577 cm³/mol. The summed E-state index contributed by atoms with van der Waals surface area (Å²) in [6.07, 6.45) is 40.3. The van der Waals surface area contributed by atoms with Gasteiger partial charge in [0, 0.05) is 0 Å². The van der Waals surface area contributed by atoms with Crippen molar-refractivity contribution >= 4 is 119 Å². The molecule has 0 amide bonds. The fraction of sp³-hybridized carbons (Fsp3) is 0.480. The molecule has 4 saturated carbocycles. The van der Waals surface area contributed by atoms with Gasteiger partial charge in [-0.15, -0.1) is 0 Å². The Hall–Kier alpha value is -7.45. The molecule has 18 rings (SSSR count). The smallest absolute Gasteiger partial charge is 0.0516 e. The van der Waals surface area contributed by atoms with Crippen LogP contribution in [0.3, 0.4) is 0 Å². The van der Waals surface area contributed by atoms with Crippen molar-refractivity contribution in [3.05, 3.63) is 287 Å². The van der Waals surface area contributed by atoms with Gasteiger partial charge in [-0.1, -0.05) is 448 Å². The minimum absolute atomic E-state index is 0.153. The maximum Gasteiger partial charge on any atom is 0.0516 e. The summed E-state index contributed by atoms with van der Waals surface area (Å²) in [5.74, 6) is 12.2. The summed E-state index contributed by atoms with van der Waals surface area (Å²) in [5, 5.41) is 17.0. The Balaban J connectivity index is 0.000000131. The monoisotopic (exact) mass is 1750 g/mol. The van der Waals surface area contributed by atoms with Crippen molar-refractivity contribution in [3.63, 3.8) is 0 Å². The summed E-state index contributed by atoms with van der Waals surface area (Å²) in [6.45, 7) is 64.8. The van der Waals surface area contributed by atoms with Gasteiger partial charge in [-0.25, -0.2) is 0 Å².